The minimum Gasteiger partial charge on any atom is -0.481 e. The van der Waals surface area contributed by atoms with Gasteiger partial charge in [0.2, 0.25) is 5.88 Å². The highest BCUT2D eigenvalue weighted by atomic mass is 16.5. The molecule has 1 aromatic heterocycles. The van der Waals surface area contributed by atoms with E-state index < -0.39 is 0 Å². The molecule has 0 bridgehead atoms. The van der Waals surface area contributed by atoms with Crippen molar-refractivity contribution >= 4 is 53.9 Å². The van der Waals surface area contributed by atoms with Crippen LogP contribution in [0.5, 0.6) is 5.88 Å². The van der Waals surface area contributed by atoms with Gasteiger partial charge in [0, 0.05) is 23.0 Å². The first-order valence-electron chi connectivity index (χ1n) is 9.44. The maximum Gasteiger partial charge on any atom is 0.213 e. The van der Waals surface area contributed by atoms with Crippen molar-refractivity contribution in [2.24, 2.45) is 0 Å². The maximum absolute atomic E-state index is 5.43. The Morgan fingerprint density at radius 1 is 0.536 bits per heavy atom. The maximum atomic E-state index is 5.43. The second kappa shape index (κ2) is 5.67. The molecule has 6 rings (SSSR count). The first-order chi connectivity index (χ1) is 13.9. The van der Waals surface area contributed by atoms with Gasteiger partial charge in [-0.05, 0) is 43.1 Å². The van der Waals surface area contributed by atoms with E-state index in [9.17, 15) is 0 Å². The molecule has 0 N–H and O–H groups in total. The Labute approximate surface area is 162 Å². The Kier molecular flexibility index (Phi) is 3.12. The van der Waals surface area contributed by atoms with E-state index in [1.54, 1.807) is 7.11 Å². The number of fused-ring (bicyclic) bond motifs is 11. The summed E-state index contributed by atoms with van der Waals surface area (Å²) in [6.07, 6.45) is 1.96. The zero-order chi connectivity index (χ0) is 18.7. The number of rotatable bonds is 1. The normalized spacial score (nSPS) is 11.8. The molecule has 0 fully saturated rings. The van der Waals surface area contributed by atoms with Crippen LogP contribution in [-0.4, -0.2) is 12.1 Å². The Hall–Kier alpha value is -3.65. The van der Waals surface area contributed by atoms with Crippen LogP contribution in [0.1, 0.15) is 0 Å². The molecule has 0 aliphatic rings. The van der Waals surface area contributed by atoms with Crippen molar-refractivity contribution in [3.8, 4) is 5.88 Å². The molecule has 5 aromatic carbocycles. The lowest BCUT2D eigenvalue weighted by Crippen LogP contribution is -1.91. The third-order valence-corrected chi connectivity index (χ3v) is 5.78. The largest absolute Gasteiger partial charge is 0.481 e. The summed E-state index contributed by atoms with van der Waals surface area (Å²) in [7, 11) is 1.67. The van der Waals surface area contributed by atoms with Crippen LogP contribution >= 0.6 is 0 Å². The van der Waals surface area contributed by atoms with Crippen molar-refractivity contribution in [3.05, 3.63) is 85.1 Å². The lowest BCUT2D eigenvalue weighted by Gasteiger charge is -2.16. The Morgan fingerprint density at radius 3 is 1.46 bits per heavy atom. The number of hydrogen-bond acceptors (Lipinski definition) is 2. The van der Waals surface area contributed by atoms with Gasteiger partial charge in [-0.15, -0.1) is 0 Å². The summed E-state index contributed by atoms with van der Waals surface area (Å²) in [4.78, 5) is 4.55. The molecule has 0 amide bonds. The standard InChI is InChI=1S/C26H17NO/c1-28-24-14-22-18-10-4-7-13-21(18)25-19-11-5-2-8-16(19)17-9-3-6-12-20(17)26(25)23(22)15-27-24/h2-15H,1H3. The summed E-state index contributed by atoms with van der Waals surface area (Å²) in [5.41, 5.74) is 0. The molecule has 0 unspecified atom stereocenters. The lowest BCUT2D eigenvalue weighted by molar-refractivity contribution is 0.399. The third-order valence-electron chi connectivity index (χ3n) is 5.78. The van der Waals surface area contributed by atoms with Gasteiger partial charge in [-0.2, -0.15) is 0 Å². The number of pyridine rings is 1. The highest BCUT2D eigenvalue weighted by Gasteiger charge is 2.16. The van der Waals surface area contributed by atoms with Gasteiger partial charge in [0.25, 0.3) is 0 Å². The molecule has 0 aliphatic heterocycles. The number of methoxy groups -OCH3 is 1. The van der Waals surface area contributed by atoms with Gasteiger partial charge < -0.3 is 4.74 Å². The molecule has 0 spiro atoms. The van der Waals surface area contributed by atoms with E-state index in [1.807, 2.05) is 6.20 Å². The van der Waals surface area contributed by atoms with E-state index in [4.69, 9.17) is 4.74 Å². The van der Waals surface area contributed by atoms with Gasteiger partial charge in [-0.1, -0.05) is 72.8 Å². The van der Waals surface area contributed by atoms with Gasteiger partial charge in [0.15, 0.2) is 0 Å². The summed E-state index contributed by atoms with van der Waals surface area (Å²) >= 11 is 0. The van der Waals surface area contributed by atoms with Crippen LogP contribution in [0.3, 0.4) is 0 Å². The predicted molar refractivity (Wildman–Crippen MR) is 118 cm³/mol. The Balaban J connectivity index is 2.07. The smallest absolute Gasteiger partial charge is 0.213 e. The van der Waals surface area contributed by atoms with Crippen LogP contribution in [0, 0.1) is 0 Å². The average Bonchev–Trinajstić information content (AvgIpc) is 2.78. The van der Waals surface area contributed by atoms with Crippen molar-refractivity contribution in [3.63, 3.8) is 0 Å². The molecule has 0 radical (unpaired) electrons. The summed E-state index contributed by atoms with van der Waals surface area (Å²) < 4.78 is 5.43. The number of nitrogens with zero attached hydrogens (tertiary/aromatic N) is 1. The van der Waals surface area contributed by atoms with E-state index >= 15 is 0 Å². The highest BCUT2D eigenvalue weighted by Crippen LogP contribution is 2.43. The predicted octanol–water partition coefficient (Wildman–Crippen LogP) is 6.86. The fraction of sp³-hybridized carbons (Fsp3) is 0.0385. The highest BCUT2D eigenvalue weighted by molar-refractivity contribution is 6.39. The fourth-order valence-electron chi connectivity index (χ4n) is 4.61. The van der Waals surface area contributed by atoms with E-state index in [2.05, 4.69) is 83.8 Å². The molecule has 6 aromatic rings. The van der Waals surface area contributed by atoms with Crippen LogP contribution in [0.25, 0.3) is 53.9 Å². The minimum atomic E-state index is 0.641. The molecule has 0 saturated heterocycles. The summed E-state index contributed by atoms with van der Waals surface area (Å²) in [6, 6.07) is 28.1. The molecular weight excluding hydrogens is 342 g/mol. The topological polar surface area (TPSA) is 22.1 Å². The zero-order valence-electron chi connectivity index (χ0n) is 15.4. The Bertz CT molecular complexity index is 1550. The first kappa shape index (κ1) is 15.4. The van der Waals surface area contributed by atoms with Gasteiger partial charge in [0.05, 0.1) is 7.11 Å². The SMILES string of the molecule is COc1cc2c3ccccc3c3c4ccccc4c4ccccc4c3c2cn1. The number of ether oxygens (including phenoxy) is 1. The van der Waals surface area contributed by atoms with E-state index in [0.29, 0.717) is 5.88 Å². The quantitative estimate of drug-likeness (QED) is 0.299. The van der Waals surface area contributed by atoms with Crippen LogP contribution in [0.2, 0.25) is 0 Å². The minimum absolute atomic E-state index is 0.641. The Morgan fingerprint density at radius 2 is 0.964 bits per heavy atom. The summed E-state index contributed by atoms with van der Waals surface area (Å²) in [6.45, 7) is 0. The first-order valence-corrected chi connectivity index (χ1v) is 9.44. The van der Waals surface area contributed by atoms with Crippen LogP contribution in [0.15, 0.2) is 85.1 Å². The van der Waals surface area contributed by atoms with Gasteiger partial charge in [-0.25, -0.2) is 4.98 Å². The van der Waals surface area contributed by atoms with Gasteiger partial charge in [-0.3, -0.25) is 0 Å². The third kappa shape index (κ3) is 1.95. The molecule has 0 atom stereocenters. The molecule has 132 valence electrons. The van der Waals surface area contributed by atoms with E-state index in [0.717, 1.165) is 5.39 Å². The molecule has 2 nitrogen and oxygen atoms in total. The van der Waals surface area contributed by atoms with Crippen LogP contribution in [0.4, 0.5) is 0 Å². The molecule has 0 saturated carbocycles. The fourth-order valence-corrected chi connectivity index (χ4v) is 4.61. The van der Waals surface area contributed by atoms with Crippen molar-refractivity contribution in [1.82, 2.24) is 4.98 Å². The van der Waals surface area contributed by atoms with Crippen LogP contribution < -0.4 is 4.74 Å². The average molecular weight is 359 g/mol. The van der Waals surface area contributed by atoms with E-state index in [-0.39, 0.29) is 0 Å². The number of aromatic nitrogens is 1. The monoisotopic (exact) mass is 359 g/mol. The molecule has 1 heterocycles. The second-order valence-electron chi connectivity index (χ2n) is 7.16. The van der Waals surface area contributed by atoms with Gasteiger partial charge >= 0.3 is 0 Å². The molecular formula is C26H17NO. The summed E-state index contributed by atoms with van der Waals surface area (Å²) in [5.74, 6) is 0.641. The lowest BCUT2D eigenvalue weighted by atomic mass is 9.88. The van der Waals surface area contributed by atoms with Crippen LogP contribution in [-0.2, 0) is 0 Å². The van der Waals surface area contributed by atoms with Crippen molar-refractivity contribution in [2.75, 3.05) is 7.11 Å². The molecule has 0 aliphatic carbocycles. The molecule has 28 heavy (non-hydrogen) atoms. The molecule has 2 heteroatoms. The number of hydrogen-bond donors (Lipinski definition) is 0. The van der Waals surface area contributed by atoms with Crippen molar-refractivity contribution in [2.45, 2.75) is 0 Å². The summed E-state index contributed by atoms with van der Waals surface area (Å²) in [5, 5.41) is 12.5. The van der Waals surface area contributed by atoms with E-state index in [1.165, 1.54) is 48.5 Å². The second-order valence-corrected chi connectivity index (χ2v) is 7.16. The van der Waals surface area contributed by atoms with Crippen molar-refractivity contribution in [1.29, 1.82) is 0 Å². The van der Waals surface area contributed by atoms with Crippen molar-refractivity contribution < 1.29 is 4.74 Å². The number of benzene rings is 5. The van der Waals surface area contributed by atoms with Gasteiger partial charge in [0.1, 0.15) is 0 Å². The zero-order valence-corrected chi connectivity index (χ0v) is 15.4.